The molecule has 0 aromatic carbocycles. The van der Waals surface area contributed by atoms with Crippen LogP contribution < -0.4 is 0 Å². The molecule has 62 valence electrons. The molecule has 0 bridgehead atoms. The fourth-order valence-corrected chi connectivity index (χ4v) is 0.919. The van der Waals surface area contributed by atoms with E-state index in [4.69, 9.17) is 0 Å². The van der Waals surface area contributed by atoms with Crippen molar-refractivity contribution < 1.29 is 0 Å². The van der Waals surface area contributed by atoms with Crippen LogP contribution in [0.5, 0.6) is 0 Å². The van der Waals surface area contributed by atoms with Crippen molar-refractivity contribution in [2.45, 2.75) is 13.5 Å². The summed E-state index contributed by atoms with van der Waals surface area (Å²) in [5.74, 6) is 1.53. The minimum Gasteiger partial charge on any atom is -0.263 e. The van der Waals surface area contributed by atoms with Crippen molar-refractivity contribution in [2.24, 2.45) is 0 Å². The second-order valence-corrected chi connectivity index (χ2v) is 2.43. The molecule has 2 aromatic heterocycles. The minimum absolute atomic E-state index is 0.560. The Morgan fingerprint density at radius 2 is 2.50 bits per heavy atom. The zero-order valence-corrected chi connectivity index (χ0v) is 6.60. The van der Waals surface area contributed by atoms with Gasteiger partial charge < -0.3 is 0 Å². The first-order chi connectivity index (χ1) is 5.84. The fraction of sp³-hybridized carbons (Fsp3) is 0.333. The van der Waals surface area contributed by atoms with Gasteiger partial charge in [-0.05, 0) is 6.92 Å². The van der Waals surface area contributed by atoms with Crippen LogP contribution in [0.1, 0.15) is 11.6 Å². The number of aromatic amines is 1. The molecule has 0 unspecified atom stereocenters. The summed E-state index contributed by atoms with van der Waals surface area (Å²) in [6, 6.07) is 0. The first kappa shape index (κ1) is 6.96. The summed E-state index contributed by atoms with van der Waals surface area (Å²) in [4.78, 5) is 7.94. The Kier molecular flexibility index (Phi) is 1.58. The molecule has 0 fully saturated rings. The monoisotopic (exact) mass is 164 g/mol. The zero-order valence-electron chi connectivity index (χ0n) is 6.60. The van der Waals surface area contributed by atoms with Gasteiger partial charge in [-0.1, -0.05) is 0 Å². The molecule has 0 aliphatic heterocycles. The molecule has 12 heavy (non-hydrogen) atoms. The highest BCUT2D eigenvalue weighted by Crippen LogP contribution is 1.92. The van der Waals surface area contributed by atoms with E-state index in [9.17, 15) is 0 Å². The van der Waals surface area contributed by atoms with E-state index in [1.54, 1.807) is 11.0 Å². The second kappa shape index (κ2) is 2.72. The van der Waals surface area contributed by atoms with Gasteiger partial charge in [0.2, 0.25) is 0 Å². The van der Waals surface area contributed by atoms with Crippen LogP contribution >= 0.6 is 0 Å². The quantitative estimate of drug-likeness (QED) is 0.664. The fourth-order valence-electron chi connectivity index (χ4n) is 0.919. The van der Waals surface area contributed by atoms with Crippen LogP contribution in [0.4, 0.5) is 0 Å². The van der Waals surface area contributed by atoms with E-state index >= 15 is 0 Å². The summed E-state index contributed by atoms with van der Waals surface area (Å²) in [6.07, 6.45) is 3.12. The molecule has 0 aliphatic carbocycles. The lowest BCUT2D eigenvalue weighted by atomic mass is 10.6. The lowest BCUT2D eigenvalue weighted by molar-refractivity contribution is 0.655. The second-order valence-electron chi connectivity index (χ2n) is 2.43. The van der Waals surface area contributed by atoms with Crippen LogP contribution in [0, 0.1) is 6.92 Å². The molecule has 0 spiro atoms. The number of nitrogens with one attached hydrogen (secondary N) is 1. The molecular weight excluding hydrogens is 156 g/mol. The lowest BCUT2D eigenvalue weighted by Gasteiger charge is -1.92. The summed E-state index contributed by atoms with van der Waals surface area (Å²) in [6.45, 7) is 2.42. The Morgan fingerprint density at radius 1 is 1.58 bits per heavy atom. The van der Waals surface area contributed by atoms with Gasteiger partial charge in [-0.15, -0.1) is 0 Å². The van der Waals surface area contributed by atoms with Crippen molar-refractivity contribution in [2.75, 3.05) is 0 Å². The highest BCUT2D eigenvalue weighted by Gasteiger charge is 1.99. The van der Waals surface area contributed by atoms with Gasteiger partial charge in [0.15, 0.2) is 5.82 Å². The molecule has 0 saturated carbocycles. The maximum absolute atomic E-state index is 4.13. The molecule has 1 N–H and O–H groups in total. The molecule has 0 radical (unpaired) electrons. The topological polar surface area (TPSA) is 72.3 Å². The van der Waals surface area contributed by atoms with E-state index in [2.05, 4.69) is 25.3 Å². The number of rotatable bonds is 2. The van der Waals surface area contributed by atoms with Crippen LogP contribution in [0.2, 0.25) is 0 Å². The van der Waals surface area contributed by atoms with E-state index in [0.29, 0.717) is 6.54 Å². The Balaban J connectivity index is 2.14. The third kappa shape index (κ3) is 1.31. The van der Waals surface area contributed by atoms with Gasteiger partial charge in [0.25, 0.3) is 0 Å². The average molecular weight is 164 g/mol. The normalized spacial score (nSPS) is 10.4. The maximum atomic E-state index is 4.13. The van der Waals surface area contributed by atoms with Crippen LogP contribution in [-0.4, -0.2) is 29.9 Å². The van der Waals surface area contributed by atoms with E-state index in [-0.39, 0.29) is 0 Å². The van der Waals surface area contributed by atoms with Crippen LogP contribution in [0.25, 0.3) is 0 Å². The lowest BCUT2D eigenvalue weighted by Crippen LogP contribution is -2.01. The Hall–Kier alpha value is -1.72. The summed E-state index contributed by atoms with van der Waals surface area (Å²) >= 11 is 0. The van der Waals surface area contributed by atoms with Gasteiger partial charge in [0.05, 0.1) is 0 Å². The molecule has 0 saturated heterocycles. The third-order valence-electron chi connectivity index (χ3n) is 1.41. The van der Waals surface area contributed by atoms with Gasteiger partial charge >= 0.3 is 0 Å². The van der Waals surface area contributed by atoms with Gasteiger partial charge in [0, 0.05) is 0 Å². The predicted molar refractivity (Wildman–Crippen MR) is 40.2 cm³/mol. The van der Waals surface area contributed by atoms with Crippen LogP contribution in [0.15, 0.2) is 12.7 Å². The maximum Gasteiger partial charge on any atom is 0.172 e. The molecule has 2 aromatic rings. The number of hydrogen-bond acceptors (Lipinski definition) is 4. The number of nitrogens with zero attached hydrogens (tertiary/aromatic N) is 5. The molecule has 2 rings (SSSR count). The summed E-state index contributed by atoms with van der Waals surface area (Å²) in [5, 5.41) is 10.7. The molecule has 0 amide bonds. The minimum atomic E-state index is 0.560. The van der Waals surface area contributed by atoms with Crippen molar-refractivity contribution in [1.29, 1.82) is 0 Å². The number of H-pyrrole nitrogens is 1. The van der Waals surface area contributed by atoms with Crippen molar-refractivity contribution in [3.63, 3.8) is 0 Å². The average Bonchev–Trinajstić information content (AvgIpc) is 2.63. The highest BCUT2D eigenvalue weighted by molar-refractivity contribution is 4.87. The first-order valence-electron chi connectivity index (χ1n) is 3.55. The zero-order chi connectivity index (χ0) is 8.39. The van der Waals surface area contributed by atoms with Crippen molar-refractivity contribution >= 4 is 0 Å². The van der Waals surface area contributed by atoms with Crippen molar-refractivity contribution in [3.05, 3.63) is 24.3 Å². The van der Waals surface area contributed by atoms with E-state index in [1.165, 1.54) is 6.33 Å². The van der Waals surface area contributed by atoms with E-state index in [1.807, 2.05) is 6.92 Å². The predicted octanol–water partition coefficient (Wildman–Crippen LogP) is -0.247. The Labute approximate surface area is 68.7 Å². The number of aromatic nitrogens is 6. The van der Waals surface area contributed by atoms with Gasteiger partial charge in [-0.2, -0.15) is 10.2 Å². The van der Waals surface area contributed by atoms with Crippen molar-refractivity contribution in [1.82, 2.24) is 29.9 Å². The summed E-state index contributed by atoms with van der Waals surface area (Å²) in [5.41, 5.74) is 0. The third-order valence-corrected chi connectivity index (χ3v) is 1.41. The van der Waals surface area contributed by atoms with Gasteiger partial charge in [-0.3, -0.25) is 5.10 Å². The molecular formula is C6H8N6. The highest BCUT2D eigenvalue weighted by atomic mass is 15.3. The molecule has 6 nitrogen and oxygen atoms in total. The largest absolute Gasteiger partial charge is 0.263 e. The molecule has 6 heteroatoms. The standard InChI is InChI=1S/C6H8N6/c1-5-9-6(11-10-5)2-12-4-7-3-8-12/h3-4H,2H2,1H3,(H,9,10,11). The van der Waals surface area contributed by atoms with E-state index in [0.717, 1.165) is 11.6 Å². The summed E-state index contributed by atoms with van der Waals surface area (Å²) in [7, 11) is 0. The molecule has 2 heterocycles. The van der Waals surface area contributed by atoms with Crippen molar-refractivity contribution in [3.8, 4) is 0 Å². The van der Waals surface area contributed by atoms with Gasteiger partial charge in [-0.25, -0.2) is 14.6 Å². The number of hydrogen-bond donors (Lipinski definition) is 1. The van der Waals surface area contributed by atoms with Gasteiger partial charge in [0.1, 0.15) is 25.0 Å². The van der Waals surface area contributed by atoms with Crippen LogP contribution in [0.3, 0.4) is 0 Å². The molecule has 0 atom stereocenters. The Bertz CT molecular complexity index is 348. The molecule has 0 aliphatic rings. The SMILES string of the molecule is Cc1nc(Cn2cncn2)n[nH]1. The van der Waals surface area contributed by atoms with Crippen LogP contribution in [-0.2, 0) is 6.54 Å². The number of aryl methyl sites for hydroxylation is 1. The first-order valence-corrected chi connectivity index (χ1v) is 3.55. The Morgan fingerprint density at radius 3 is 3.08 bits per heavy atom. The summed E-state index contributed by atoms with van der Waals surface area (Å²) < 4.78 is 1.67. The smallest absolute Gasteiger partial charge is 0.172 e. The van der Waals surface area contributed by atoms with E-state index < -0.39 is 0 Å².